The molecule has 2 nitrogen and oxygen atoms in total. The third-order valence-electron chi connectivity index (χ3n) is 3.02. The number of rotatable bonds is 5. The maximum absolute atomic E-state index is 5.81. The molecule has 2 N–H and O–H groups in total. The van der Waals surface area contributed by atoms with Gasteiger partial charge in [0, 0.05) is 12.1 Å². The molecule has 0 aliphatic carbocycles. The Labute approximate surface area is 108 Å². The van der Waals surface area contributed by atoms with E-state index in [-0.39, 0.29) is 0 Å². The lowest BCUT2D eigenvalue weighted by Gasteiger charge is -2.10. The zero-order chi connectivity index (χ0) is 12.8. The zero-order valence-corrected chi connectivity index (χ0v) is 10.7. The number of para-hydroxylation sites is 1. The van der Waals surface area contributed by atoms with Crippen molar-refractivity contribution in [1.29, 1.82) is 0 Å². The quantitative estimate of drug-likeness (QED) is 0.871. The molecule has 0 aliphatic heterocycles. The van der Waals surface area contributed by atoms with Gasteiger partial charge in [-0.3, -0.25) is 0 Å². The van der Waals surface area contributed by atoms with Crippen LogP contribution in [0, 0.1) is 0 Å². The van der Waals surface area contributed by atoms with Crippen molar-refractivity contribution in [2.45, 2.75) is 26.5 Å². The summed E-state index contributed by atoms with van der Waals surface area (Å²) in [4.78, 5) is 0. The van der Waals surface area contributed by atoms with Gasteiger partial charge in [0.2, 0.25) is 0 Å². The Morgan fingerprint density at radius 2 is 1.61 bits per heavy atom. The van der Waals surface area contributed by atoms with Crippen LogP contribution in [-0.4, -0.2) is 0 Å². The molecule has 2 aromatic carbocycles. The van der Waals surface area contributed by atoms with E-state index in [9.17, 15) is 0 Å². The smallest absolute Gasteiger partial charge is 0.124 e. The highest BCUT2D eigenvalue weighted by Gasteiger charge is 2.01. The Kier molecular flexibility index (Phi) is 4.37. The van der Waals surface area contributed by atoms with E-state index in [1.54, 1.807) is 0 Å². The van der Waals surface area contributed by atoms with Gasteiger partial charge in [-0.15, -0.1) is 0 Å². The average molecular weight is 241 g/mol. The number of hydrogen-bond donors (Lipinski definition) is 1. The molecular formula is C16H19NO. The molecule has 0 amide bonds. The van der Waals surface area contributed by atoms with E-state index in [1.165, 1.54) is 11.1 Å². The summed E-state index contributed by atoms with van der Waals surface area (Å²) in [5.41, 5.74) is 9.25. The summed E-state index contributed by atoms with van der Waals surface area (Å²) in [6.45, 7) is 3.24. The van der Waals surface area contributed by atoms with Gasteiger partial charge in [0.25, 0.3) is 0 Å². The van der Waals surface area contributed by atoms with Crippen molar-refractivity contribution in [3.8, 4) is 5.75 Å². The summed E-state index contributed by atoms with van der Waals surface area (Å²) in [5, 5.41) is 0. The Morgan fingerprint density at radius 3 is 2.28 bits per heavy atom. The number of hydrogen-bond acceptors (Lipinski definition) is 2. The molecule has 0 atom stereocenters. The third-order valence-corrected chi connectivity index (χ3v) is 3.02. The number of ether oxygens (including phenoxy) is 1. The standard InChI is InChI=1S/C16H19NO/c1-2-13-7-9-14(10-8-13)12-18-16-6-4-3-5-15(16)11-17/h3-10H,2,11-12,17H2,1H3. The van der Waals surface area contributed by atoms with Gasteiger partial charge >= 0.3 is 0 Å². The molecule has 0 bridgehead atoms. The lowest BCUT2D eigenvalue weighted by atomic mass is 10.1. The second-order valence-corrected chi connectivity index (χ2v) is 4.27. The number of aryl methyl sites for hydroxylation is 1. The minimum absolute atomic E-state index is 0.505. The van der Waals surface area contributed by atoms with Crippen LogP contribution in [0.2, 0.25) is 0 Å². The molecule has 0 aromatic heterocycles. The molecule has 0 radical (unpaired) electrons. The van der Waals surface area contributed by atoms with E-state index >= 15 is 0 Å². The van der Waals surface area contributed by atoms with Crippen LogP contribution in [0.3, 0.4) is 0 Å². The molecule has 0 heterocycles. The molecule has 0 fully saturated rings. The van der Waals surface area contributed by atoms with Gasteiger partial charge in [0.05, 0.1) is 0 Å². The molecular weight excluding hydrogens is 222 g/mol. The summed E-state index contributed by atoms with van der Waals surface area (Å²) in [7, 11) is 0. The molecule has 0 spiro atoms. The van der Waals surface area contributed by atoms with Crippen LogP contribution in [0.25, 0.3) is 0 Å². The maximum Gasteiger partial charge on any atom is 0.124 e. The molecule has 0 aliphatic rings. The van der Waals surface area contributed by atoms with Crippen LogP contribution in [0.5, 0.6) is 5.75 Å². The average Bonchev–Trinajstić information content (AvgIpc) is 2.46. The zero-order valence-electron chi connectivity index (χ0n) is 10.7. The first kappa shape index (κ1) is 12.7. The van der Waals surface area contributed by atoms with Crippen LogP contribution in [0.15, 0.2) is 48.5 Å². The Morgan fingerprint density at radius 1 is 0.944 bits per heavy atom. The molecule has 0 saturated carbocycles. The Bertz CT molecular complexity index is 491. The van der Waals surface area contributed by atoms with Crippen LogP contribution >= 0.6 is 0 Å². The highest BCUT2D eigenvalue weighted by Crippen LogP contribution is 2.18. The van der Waals surface area contributed by atoms with E-state index in [4.69, 9.17) is 10.5 Å². The van der Waals surface area contributed by atoms with E-state index in [0.717, 1.165) is 17.7 Å². The van der Waals surface area contributed by atoms with Crippen molar-refractivity contribution in [1.82, 2.24) is 0 Å². The molecule has 94 valence electrons. The molecule has 0 unspecified atom stereocenters. The predicted octanol–water partition coefficient (Wildman–Crippen LogP) is 3.29. The Hall–Kier alpha value is -1.80. The second kappa shape index (κ2) is 6.22. The monoisotopic (exact) mass is 241 g/mol. The summed E-state index contributed by atoms with van der Waals surface area (Å²) >= 11 is 0. The fourth-order valence-corrected chi connectivity index (χ4v) is 1.85. The van der Waals surface area contributed by atoms with E-state index < -0.39 is 0 Å². The SMILES string of the molecule is CCc1ccc(COc2ccccc2CN)cc1. The molecule has 2 aromatic rings. The topological polar surface area (TPSA) is 35.2 Å². The first-order valence-electron chi connectivity index (χ1n) is 6.32. The third kappa shape index (κ3) is 3.11. The first-order chi connectivity index (χ1) is 8.83. The van der Waals surface area contributed by atoms with E-state index in [2.05, 4.69) is 31.2 Å². The number of benzene rings is 2. The highest BCUT2D eigenvalue weighted by molar-refractivity contribution is 5.33. The lowest BCUT2D eigenvalue weighted by molar-refractivity contribution is 0.303. The van der Waals surface area contributed by atoms with Crippen LogP contribution < -0.4 is 10.5 Å². The van der Waals surface area contributed by atoms with Gasteiger partial charge in [0.1, 0.15) is 12.4 Å². The summed E-state index contributed by atoms with van der Waals surface area (Å²) in [6, 6.07) is 16.4. The fourth-order valence-electron chi connectivity index (χ4n) is 1.85. The minimum Gasteiger partial charge on any atom is -0.489 e. The number of nitrogens with two attached hydrogens (primary N) is 1. The first-order valence-corrected chi connectivity index (χ1v) is 6.32. The van der Waals surface area contributed by atoms with Gasteiger partial charge in [-0.1, -0.05) is 49.4 Å². The van der Waals surface area contributed by atoms with Gasteiger partial charge in [-0.2, -0.15) is 0 Å². The van der Waals surface area contributed by atoms with Crippen molar-refractivity contribution in [2.75, 3.05) is 0 Å². The van der Waals surface area contributed by atoms with Crippen molar-refractivity contribution < 1.29 is 4.74 Å². The lowest BCUT2D eigenvalue weighted by Crippen LogP contribution is -2.02. The van der Waals surface area contributed by atoms with Crippen molar-refractivity contribution in [2.24, 2.45) is 5.73 Å². The Balaban J connectivity index is 2.02. The maximum atomic E-state index is 5.81. The predicted molar refractivity (Wildman–Crippen MR) is 74.5 cm³/mol. The normalized spacial score (nSPS) is 10.3. The molecule has 18 heavy (non-hydrogen) atoms. The van der Waals surface area contributed by atoms with Crippen LogP contribution in [0.4, 0.5) is 0 Å². The molecule has 2 rings (SSSR count). The largest absolute Gasteiger partial charge is 0.489 e. The molecule has 2 heteroatoms. The summed E-state index contributed by atoms with van der Waals surface area (Å²) in [5.74, 6) is 0.875. The summed E-state index contributed by atoms with van der Waals surface area (Å²) < 4.78 is 5.81. The highest BCUT2D eigenvalue weighted by atomic mass is 16.5. The minimum atomic E-state index is 0.505. The van der Waals surface area contributed by atoms with Gasteiger partial charge < -0.3 is 10.5 Å². The van der Waals surface area contributed by atoms with E-state index in [0.29, 0.717) is 13.2 Å². The van der Waals surface area contributed by atoms with Crippen LogP contribution in [0.1, 0.15) is 23.6 Å². The van der Waals surface area contributed by atoms with Gasteiger partial charge in [-0.25, -0.2) is 0 Å². The van der Waals surface area contributed by atoms with Gasteiger partial charge in [-0.05, 0) is 23.6 Å². The van der Waals surface area contributed by atoms with E-state index in [1.807, 2.05) is 24.3 Å². The van der Waals surface area contributed by atoms with Crippen molar-refractivity contribution >= 4 is 0 Å². The van der Waals surface area contributed by atoms with Crippen molar-refractivity contribution in [3.63, 3.8) is 0 Å². The van der Waals surface area contributed by atoms with Crippen LogP contribution in [-0.2, 0) is 19.6 Å². The second-order valence-electron chi connectivity index (χ2n) is 4.27. The fraction of sp³-hybridized carbons (Fsp3) is 0.250. The summed E-state index contributed by atoms with van der Waals surface area (Å²) in [6.07, 6.45) is 1.07. The molecule has 0 saturated heterocycles. The van der Waals surface area contributed by atoms with Crippen molar-refractivity contribution in [3.05, 3.63) is 65.2 Å². The van der Waals surface area contributed by atoms with Gasteiger partial charge in [0.15, 0.2) is 0 Å².